The predicted molar refractivity (Wildman–Crippen MR) is 111 cm³/mol. The lowest BCUT2D eigenvalue weighted by Crippen LogP contribution is -2.55. The molecule has 4 rings (SSSR count). The number of carbonyl (C=O) groups excluding carboxylic acids is 2. The van der Waals surface area contributed by atoms with E-state index in [0.29, 0.717) is 28.7 Å². The number of nitrogens with one attached hydrogen (secondary N) is 2. The Hall–Kier alpha value is -2.56. The smallest absolute Gasteiger partial charge is 0.255 e. The van der Waals surface area contributed by atoms with Gasteiger partial charge in [0.1, 0.15) is 6.04 Å². The van der Waals surface area contributed by atoms with E-state index in [1.54, 1.807) is 32.0 Å². The first kappa shape index (κ1) is 21.7. The molecule has 166 valence electrons. The van der Waals surface area contributed by atoms with Crippen LogP contribution in [0.25, 0.3) is 11.4 Å². The minimum absolute atomic E-state index is 0.00689. The fourth-order valence-electron chi connectivity index (χ4n) is 4.07. The Morgan fingerprint density at radius 1 is 1.42 bits per heavy atom. The van der Waals surface area contributed by atoms with Gasteiger partial charge in [-0.2, -0.15) is 0 Å². The van der Waals surface area contributed by atoms with Crippen molar-refractivity contribution in [3.8, 4) is 11.4 Å². The number of halogens is 1. The molecule has 2 amide bonds. The molecule has 1 saturated carbocycles. The predicted octanol–water partition coefficient (Wildman–Crippen LogP) is 0.912. The number of hydrogen-bond donors (Lipinski definition) is 3. The lowest BCUT2D eigenvalue weighted by molar-refractivity contribution is -0.160. The highest BCUT2D eigenvalue weighted by Crippen LogP contribution is 2.48. The minimum Gasteiger partial charge on any atom is -0.380 e. The fourth-order valence-corrected chi connectivity index (χ4v) is 4.27. The van der Waals surface area contributed by atoms with Gasteiger partial charge in [-0.05, 0) is 66.8 Å². The van der Waals surface area contributed by atoms with Crippen molar-refractivity contribution >= 4 is 23.4 Å². The molecule has 1 aliphatic carbocycles. The highest BCUT2D eigenvalue weighted by Gasteiger charge is 2.57. The zero-order valence-electron chi connectivity index (χ0n) is 17.5. The number of fused-ring (bicyclic) bond motifs is 1. The molecule has 1 saturated heterocycles. The summed E-state index contributed by atoms with van der Waals surface area (Å²) in [4.78, 5) is 27.6. The third kappa shape index (κ3) is 4.15. The van der Waals surface area contributed by atoms with E-state index >= 15 is 0 Å². The van der Waals surface area contributed by atoms with Gasteiger partial charge in [0.2, 0.25) is 5.91 Å². The van der Waals surface area contributed by atoms with Crippen LogP contribution in [0.5, 0.6) is 0 Å². The number of H-pyrrole nitrogens is 1. The number of carbonyl (C=O) groups is 2. The van der Waals surface area contributed by atoms with Gasteiger partial charge in [0.25, 0.3) is 5.91 Å². The Balaban J connectivity index is 1.48. The summed E-state index contributed by atoms with van der Waals surface area (Å²) in [6.07, 6.45) is 0.0780. The summed E-state index contributed by atoms with van der Waals surface area (Å²) in [5, 5.41) is 27.7. The third-order valence-corrected chi connectivity index (χ3v) is 6.44. The van der Waals surface area contributed by atoms with Crippen LogP contribution in [0.2, 0.25) is 5.02 Å². The summed E-state index contributed by atoms with van der Waals surface area (Å²) >= 11 is 6.13. The van der Waals surface area contributed by atoms with E-state index in [1.165, 1.54) is 12.0 Å². The molecule has 2 heterocycles. The van der Waals surface area contributed by atoms with Crippen LogP contribution in [0.4, 0.5) is 0 Å². The Bertz CT molecular complexity index is 982. The van der Waals surface area contributed by atoms with Gasteiger partial charge in [-0.3, -0.25) is 9.59 Å². The van der Waals surface area contributed by atoms with Crippen LogP contribution >= 0.6 is 11.6 Å². The van der Waals surface area contributed by atoms with Crippen molar-refractivity contribution in [3.05, 3.63) is 28.8 Å². The number of aliphatic hydroxyl groups is 1. The lowest BCUT2D eigenvalue weighted by Gasteiger charge is -2.34. The van der Waals surface area contributed by atoms with Crippen molar-refractivity contribution in [2.24, 2.45) is 5.92 Å². The van der Waals surface area contributed by atoms with E-state index in [0.717, 1.165) is 12.0 Å². The number of amides is 2. The van der Waals surface area contributed by atoms with Crippen molar-refractivity contribution in [2.45, 2.75) is 57.0 Å². The van der Waals surface area contributed by atoms with E-state index < -0.39 is 23.7 Å². The quantitative estimate of drug-likeness (QED) is 0.573. The average molecular weight is 449 g/mol. The highest BCUT2D eigenvalue weighted by molar-refractivity contribution is 6.30. The molecule has 0 bridgehead atoms. The molecule has 0 spiro atoms. The maximum Gasteiger partial charge on any atom is 0.255 e. The van der Waals surface area contributed by atoms with Crippen LogP contribution < -0.4 is 5.32 Å². The van der Waals surface area contributed by atoms with Gasteiger partial charge in [-0.15, -0.1) is 5.10 Å². The van der Waals surface area contributed by atoms with E-state index in [1.807, 2.05) is 0 Å². The standard InChI is InChI=1S/C20H25ClN6O4/c1-20(2,31-3)16(28)19(30)27-14-7-10(14)8-15(27)18(29)22-9-11-6-12(21)4-5-13(11)17-23-25-26-24-17/h4-6,10,14-16,28H,7-9H2,1-3H3,(H,22,29)(H,23,24,25,26)/t10-,14-,15-,16?/m0/s1. The van der Waals surface area contributed by atoms with Crippen LogP contribution in [-0.4, -0.2) is 73.3 Å². The number of tetrazole rings is 1. The zero-order valence-corrected chi connectivity index (χ0v) is 18.3. The normalized spacial score (nSPS) is 23.4. The first-order valence-corrected chi connectivity index (χ1v) is 10.5. The molecule has 1 aromatic heterocycles. The van der Waals surface area contributed by atoms with Gasteiger partial charge < -0.3 is 20.1 Å². The number of benzene rings is 1. The summed E-state index contributed by atoms with van der Waals surface area (Å²) in [5.41, 5.74) is 0.404. The fraction of sp³-hybridized carbons (Fsp3) is 0.550. The first-order chi connectivity index (χ1) is 14.7. The average Bonchev–Trinajstić information content (AvgIpc) is 3.15. The summed E-state index contributed by atoms with van der Waals surface area (Å²) in [5.74, 6) is 0.00192. The topological polar surface area (TPSA) is 133 Å². The molecule has 4 atom stereocenters. The second-order valence-corrected chi connectivity index (χ2v) is 8.98. The Labute approximate surface area is 184 Å². The minimum atomic E-state index is -1.36. The zero-order chi connectivity index (χ0) is 22.3. The van der Waals surface area contributed by atoms with E-state index in [2.05, 4.69) is 25.9 Å². The van der Waals surface area contributed by atoms with Crippen molar-refractivity contribution in [3.63, 3.8) is 0 Å². The molecule has 2 aromatic rings. The molecular formula is C20H25ClN6O4. The maximum atomic E-state index is 13.0. The van der Waals surface area contributed by atoms with Crippen LogP contribution in [0.15, 0.2) is 18.2 Å². The largest absolute Gasteiger partial charge is 0.380 e. The number of aromatic nitrogens is 4. The van der Waals surface area contributed by atoms with Crippen molar-refractivity contribution in [2.75, 3.05) is 7.11 Å². The van der Waals surface area contributed by atoms with E-state index in [-0.39, 0.29) is 18.5 Å². The Morgan fingerprint density at radius 2 is 2.19 bits per heavy atom. The second kappa shape index (κ2) is 8.18. The van der Waals surface area contributed by atoms with Crippen LogP contribution in [0.3, 0.4) is 0 Å². The second-order valence-electron chi connectivity index (χ2n) is 8.54. The van der Waals surface area contributed by atoms with Crippen molar-refractivity contribution in [1.82, 2.24) is 30.8 Å². The number of aromatic amines is 1. The molecule has 3 N–H and O–H groups in total. The third-order valence-electron chi connectivity index (χ3n) is 6.20. The number of aliphatic hydroxyl groups excluding tert-OH is 1. The van der Waals surface area contributed by atoms with Gasteiger partial charge in [0.05, 0.1) is 5.60 Å². The first-order valence-electron chi connectivity index (χ1n) is 10.1. The van der Waals surface area contributed by atoms with Crippen LogP contribution in [0, 0.1) is 5.92 Å². The molecule has 1 unspecified atom stereocenters. The van der Waals surface area contributed by atoms with Crippen molar-refractivity contribution < 1.29 is 19.4 Å². The van der Waals surface area contributed by atoms with Crippen LogP contribution in [0.1, 0.15) is 32.3 Å². The molecule has 0 radical (unpaired) electrons. The highest BCUT2D eigenvalue weighted by atomic mass is 35.5. The number of ether oxygens (including phenoxy) is 1. The number of hydrogen-bond acceptors (Lipinski definition) is 7. The number of piperidine rings is 1. The van der Waals surface area contributed by atoms with Crippen molar-refractivity contribution in [1.29, 1.82) is 0 Å². The lowest BCUT2D eigenvalue weighted by atomic mass is 9.99. The summed E-state index contributed by atoms with van der Waals surface area (Å²) in [6.45, 7) is 3.48. The van der Waals surface area contributed by atoms with Gasteiger partial charge in [0.15, 0.2) is 11.9 Å². The van der Waals surface area contributed by atoms with E-state index in [9.17, 15) is 14.7 Å². The maximum absolute atomic E-state index is 13.0. The Morgan fingerprint density at radius 3 is 2.87 bits per heavy atom. The van der Waals surface area contributed by atoms with Gasteiger partial charge in [-0.25, -0.2) is 5.10 Å². The summed E-state index contributed by atoms with van der Waals surface area (Å²) in [7, 11) is 1.44. The van der Waals surface area contributed by atoms with Gasteiger partial charge >= 0.3 is 0 Å². The molecule has 1 aromatic carbocycles. The monoisotopic (exact) mass is 448 g/mol. The van der Waals surface area contributed by atoms with Gasteiger partial charge in [0, 0.05) is 30.3 Å². The number of rotatable bonds is 7. The SMILES string of the molecule is COC(C)(C)C(O)C(=O)N1[C@H](C(=O)NCc2cc(Cl)ccc2-c2nnn[nH]2)C[C@@H]2C[C@@H]21. The molecule has 31 heavy (non-hydrogen) atoms. The molecule has 2 aliphatic rings. The van der Waals surface area contributed by atoms with Gasteiger partial charge in [-0.1, -0.05) is 11.6 Å². The number of nitrogens with zero attached hydrogens (tertiary/aromatic N) is 4. The Kier molecular flexibility index (Phi) is 5.71. The molecule has 1 aliphatic heterocycles. The van der Waals surface area contributed by atoms with E-state index in [4.69, 9.17) is 16.3 Å². The number of likely N-dealkylation sites (tertiary alicyclic amines) is 1. The van der Waals surface area contributed by atoms with Crippen LogP contribution in [-0.2, 0) is 20.9 Å². The molecule has 2 fully saturated rings. The number of methoxy groups -OCH3 is 1. The molecule has 10 nitrogen and oxygen atoms in total. The molecular weight excluding hydrogens is 424 g/mol. The molecule has 11 heteroatoms. The summed E-state index contributed by atoms with van der Waals surface area (Å²) < 4.78 is 5.26. The summed E-state index contributed by atoms with van der Waals surface area (Å²) in [6, 6.07) is 4.59.